The summed E-state index contributed by atoms with van der Waals surface area (Å²) in [5.41, 5.74) is 0.426. The van der Waals surface area contributed by atoms with Crippen LogP contribution in [0.1, 0.15) is 39.5 Å². The van der Waals surface area contributed by atoms with Crippen LogP contribution in [-0.4, -0.2) is 16.8 Å². The molecular weight excluding hydrogens is 168 g/mol. The molecule has 2 heteroatoms. The molecule has 1 aliphatic heterocycles. The molecule has 1 rings (SSSR count). The number of hydrogen-bond donors (Lipinski definition) is 0. The molecule has 0 aromatic rings. The Balaban J connectivity index is 2.28. The first kappa shape index (κ1) is 10.4. The fourth-order valence-electron chi connectivity index (χ4n) is 1.22. The van der Waals surface area contributed by atoms with Gasteiger partial charge in [-0.3, -0.25) is 0 Å². The average molecular weight is 187 g/mol. The van der Waals surface area contributed by atoms with Crippen LogP contribution in [0.4, 0.5) is 0 Å². The minimum absolute atomic E-state index is 0.280. The Labute approximate surface area is 80.3 Å². The van der Waals surface area contributed by atoms with Crippen molar-refractivity contribution in [1.29, 1.82) is 0 Å². The minimum Gasteiger partial charge on any atom is -0.368 e. The Morgan fingerprint density at radius 1 is 1.50 bits per heavy atom. The summed E-state index contributed by atoms with van der Waals surface area (Å²) in [5, 5.41) is 0. The molecule has 1 atom stereocenters. The summed E-state index contributed by atoms with van der Waals surface area (Å²) in [6.07, 6.45) is 4.75. The molecule has 1 radical (unpaired) electrons. The summed E-state index contributed by atoms with van der Waals surface area (Å²) in [6, 6.07) is 0. The molecule has 0 N–H and O–H groups in total. The Morgan fingerprint density at radius 3 is 2.75 bits per heavy atom. The maximum atomic E-state index is 5.65. The lowest BCUT2D eigenvalue weighted by atomic mass is 10.1. The molecule has 12 heavy (non-hydrogen) atoms. The molecule has 0 spiro atoms. The lowest BCUT2D eigenvalue weighted by Gasteiger charge is -2.30. The zero-order valence-corrected chi connectivity index (χ0v) is 8.95. The number of hydrogen-bond acceptors (Lipinski definition) is 2. The summed E-state index contributed by atoms with van der Waals surface area (Å²) in [7, 11) is 0. The van der Waals surface area contributed by atoms with E-state index in [0.717, 1.165) is 13.0 Å². The summed E-state index contributed by atoms with van der Waals surface area (Å²) in [6.45, 7) is 9.37. The first-order chi connectivity index (χ1) is 5.64. The Bertz CT molecular complexity index is 128. The maximum Gasteiger partial charge on any atom is 0.103 e. The molecular formula is C10H19OS. The lowest BCUT2D eigenvalue weighted by molar-refractivity contribution is 0.0720. The lowest BCUT2D eigenvalue weighted by Crippen LogP contribution is -2.23. The van der Waals surface area contributed by atoms with Crippen LogP contribution in [-0.2, 0) is 4.74 Å². The highest BCUT2D eigenvalue weighted by Crippen LogP contribution is 2.35. The van der Waals surface area contributed by atoms with Crippen LogP contribution < -0.4 is 0 Å². The monoisotopic (exact) mass is 187 g/mol. The van der Waals surface area contributed by atoms with Crippen LogP contribution >= 0.6 is 11.8 Å². The third kappa shape index (κ3) is 3.36. The molecule has 0 saturated carbocycles. The maximum absolute atomic E-state index is 5.65. The highest BCUT2D eigenvalue weighted by Gasteiger charge is 2.23. The van der Waals surface area contributed by atoms with Gasteiger partial charge < -0.3 is 4.74 Å². The van der Waals surface area contributed by atoms with Crippen molar-refractivity contribution in [3.63, 3.8) is 0 Å². The van der Waals surface area contributed by atoms with Crippen molar-refractivity contribution < 1.29 is 4.74 Å². The molecule has 1 saturated heterocycles. The standard InChI is InChI=1S/C10H19OS/c1-4-10(2,3)12-9-7-5-6-8-11-9/h9H,1,4-8H2,2-3H3. The third-order valence-electron chi connectivity index (χ3n) is 2.19. The highest BCUT2D eigenvalue weighted by molar-refractivity contribution is 8.01. The van der Waals surface area contributed by atoms with Gasteiger partial charge in [0, 0.05) is 11.4 Å². The molecule has 0 bridgehead atoms. The molecule has 1 nitrogen and oxygen atoms in total. The van der Waals surface area contributed by atoms with Crippen LogP contribution in [0.2, 0.25) is 0 Å². The molecule has 0 amide bonds. The van der Waals surface area contributed by atoms with E-state index in [1.165, 1.54) is 19.3 Å². The molecule has 0 aromatic heterocycles. The van der Waals surface area contributed by atoms with E-state index in [2.05, 4.69) is 20.8 Å². The van der Waals surface area contributed by atoms with Gasteiger partial charge >= 0.3 is 0 Å². The molecule has 1 heterocycles. The van der Waals surface area contributed by atoms with Gasteiger partial charge in [-0.15, -0.1) is 11.8 Å². The third-order valence-corrected chi connectivity index (χ3v) is 3.67. The second kappa shape index (κ2) is 4.52. The zero-order valence-electron chi connectivity index (χ0n) is 8.14. The van der Waals surface area contributed by atoms with Gasteiger partial charge in [-0.1, -0.05) is 20.8 Å². The summed E-state index contributed by atoms with van der Waals surface area (Å²) >= 11 is 1.94. The van der Waals surface area contributed by atoms with Crippen LogP contribution in [0.5, 0.6) is 0 Å². The van der Waals surface area contributed by atoms with E-state index in [0.29, 0.717) is 5.44 Å². The van der Waals surface area contributed by atoms with Crippen LogP contribution in [0.3, 0.4) is 0 Å². The molecule has 1 aliphatic rings. The number of thioether (sulfide) groups is 1. The van der Waals surface area contributed by atoms with Gasteiger partial charge in [-0.25, -0.2) is 0 Å². The van der Waals surface area contributed by atoms with Gasteiger partial charge in [-0.2, -0.15) is 0 Å². The van der Waals surface area contributed by atoms with Crippen molar-refractivity contribution in [1.82, 2.24) is 0 Å². The largest absolute Gasteiger partial charge is 0.368 e. The quantitative estimate of drug-likeness (QED) is 0.670. The van der Waals surface area contributed by atoms with E-state index >= 15 is 0 Å². The van der Waals surface area contributed by atoms with E-state index in [-0.39, 0.29) is 4.75 Å². The van der Waals surface area contributed by atoms with Crippen LogP contribution in [0.15, 0.2) is 0 Å². The van der Waals surface area contributed by atoms with Crippen molar-refractivity contribution >= 4 is 11.8 Å². The first-order valence-corrected chi connectivity index (χ1v) is 5.61. The van der Waals surface area contributed by atoms with Crippen LogP contribution in [0.25, 0.3) is 0 Å². The zero-order chi connectivity index (χ0) is 9.03. The predicted molar refractivity (Wildman–Crippen MR) is 55.2 cm³/mol. The summed E-state index contributed by atoms with van der Waals surface area (Å²) < 4.78 is 5.93. The second-order valence-electron chi connectivity index (χ2n) is 3.92. The molecule has 0 aromatic carbocycles. The number of rotatable bonds is 3. The Hall–Kier alpha value is 0.310. The van der Waals surface area contributed by atoms with Crippen molar-refractivity contribution in [2.24, 2.45) is 0 Å². The summed E-state index contributed by atoms with van der Waals surface area (Å²) in [4.78, 5) is 0. The van der Waals surface area contributed by atoms with Crippen molar-refractivity contribution in [2.75, 3.05) is 6.61 Å². The van der Waals surface area contributed by atoms with Gasteiger partial charge in [0.1, 0.15) is 5.44 Å². The number of ether oxygens (including phenoxy) is 1. The topological polar surface area (TPSA) is 9.23 Å². The first-order valence-electron chi connectivity index (χ1n) is 4.73. The van der Waals surface area contributed by atoms with Crippen molar-refractivity contribution in [3.05, 3.63) is 6.92 Å². The van der Waals surface area contributed by atoms with E-state index in [4.69, 9.17) is 4.74 Å². The van der Waals surface area contributed by atoms with E-state index < -0.39 is 0 Å². The molecule has 0 aliphatic carbocycles. The molecule has 1 fully saturated rings. The van der Waals surface area contributed by atoms with E-state index in [1.54, 1.807) is 0 Å². The van der Waals surface area contributed by atoms with Gasteiger partial charge in [0.05, 0.1) is 0 Å². The Kier molecular flexibility index (Phi) is 3.91. The van der Waals surface area contributed by atoms with E-state index in [1.807, 2.05) is 11.8 Å². The summed E-state index contributed by atoms with van der Waals surface area (Å²) in [5.74, 6) is 0. The SMILES string of the molecule is [CH2]CC(C)(C)SC1CCCCO1. The van der Waals surface area contributed by atoms with Crippen LogP contribution in [0, 0.1) is 6.92 Å². The fourth-order valence-corrected chi connectivity index (χ4v) is 2.50. The normalized spacial score (nSPS) is 25.8. The van der Waals surface area contributed by atoms with Crippen molar-refractivity contribution in [2.45, 2.75) is 49.7 Å². The van der Waals surface area contributed by atoms with Gasteiger partial charge in [0.15, 0.2) is 0 Å². The fraction of sp³-hybridized carbons (Fsp3) is 0.900. The highest BCUT2D eigenvalue weighted by atomic mass is 32.2. The molecule has 71 valence electrons. The Morgan fingerprint density at radius 2 is 2.25 bits per heavy atom. The van der Waals surface area contributed by atoms with Gasteiger partial charge in [0.25, 0.3) is 0 Å². The van der Waals surface area contributed by atoms with Gasteiger partial charge in [-0.05, 0) is 25.7 Å². The predicted octanol–water partition coefficient (Wildman–Crippen LogP) is 3.25. The second-order valence-corrected chi connectivity index (χ2v) is 5.79. The minimum atomic E-state index is 0.280. The molecule has 1 unspecified atom stereocenters. The average Bonchev–Trinajstić information content (AvgIpc) is 2.06. The smallest absolute Gasteiger partial charge is 0.103 e. The van der Waals surface area contributed by atoms with Gasteiger partial charge in [0.2, 0.25) is 0 Å². The van der Waals surface area contributed by atoms with Crippen molar-refractivity contribution in [3.8, 4) is 0 Å². The van der Waals surface area contributed by atoms with E-state index in [9.17, 15) is 0 Å².